The van der Waals surface area contributed by atoms with Crippen LogP contribution in [0.25, 0.3) is 5.76 Å². The maximum Gasteiger partial charge on any atom is 0.300 e. The monoisotopic (exact) mass is 511 g/mol. The third kappa shape index (κ3) is 4.59. The molecule has 1 saturated heterocycles. The molecule has 1 aliphatic rings. The third-order valence-electron chi connectivity index (χ3n) is 5.68. The van der Waals surface area contributed by atoms with Crippen LogP contribution in [0.3, 0.4) is 0 Å². The molecule has 0 bridgehead atoms. The van der Waals surface area contributed by atoms with E-state index in [1.54, 1.807) is 67.6 Å². The Morgan fingerprint density at radius 2 is 1.77 bits per heavy atom. The smallest absolute Gasteiger partial charge is 0.300 e. The molecule has 1 heterocycles. The van der Waals surface area contributed by atoms with Gasteiger partial charge in [-0.25, -0.2) is 0 Å². The second-order valence-corrected chi connectivity index (χ2v) is 8.82. The number of benzene rings is 3. The van der Waals surface area contributed by atoms with E-state index in [-0.39, 0.29) is 27.7 Å². The van der Waals surface area contributed by atoms with E-state index in [0.29, 0.717) is 28.6 Å². The van der Waals surface area contributed by atoms with Gasteiger partial charge >= 0.3 is 0 Å². The SMILES string of the molecule is CCOc1cccc(C2/C(=C(\O)c3cc(C)cc(Cl)c3OC)C(=O)C(=O)N2c2ccc(Cl)cc2)c1. The van der Waals surface area contributed by atoms with E-state index in [1.165, 1.54) is 12.0 Å². The van der Waals surface area contributed by atoms with Gasteiger partial charge in [-0.15, -0.1) is 0 Å². The average molecular weight is 512 g/mol. The fourth-order valence-corrected chi connectivity index (χ4v) is 4.69. The van der Waals surface area contributed by atoms with Crippen LogP contribution in [-0.4, -0.2) is 30.5 Å². The first-order valence-corrected chi connectivity index (χ1v) is 11.7. The zero-order valence-electron chi connectivity index (χ0n) is 19.3. The van der Waals surface area contributed by atoms with Crippen LogP contribution in [0.1, 0.15) is 29.7 Å². The van der Waals surface area contributed by atoms with Crippen molar-refractivity contribution in [3.63, 3.8) is 0 Å². The van der Waals surface area contributed by atoms with Crippen molar-refractivity contribution >= 4 is 46.3 Å². The minimum Gasteiger partial charge on any atom is -0.507 e. The molecule has 8 heteroatoms. The molecule has 35 heavy (non-hydrogen) atoms. The fraction of sp³-hybridized carbons (Fsp3) is 0.185. The molecule has 1 N–H and O–H groups in total. The number of anilines is 1. The van der Waals surface area contributed by atoms with Crippen molar-refractivity contribution in [2.75, 3.05) is 18.6 Å². The lowest BCUT2D eigenvalue weighted by atomic mass is 9.94. The van der Waals surface area contributed by atoms with E-state index in [9.17, 15) is 14.7 Å². The Balaban J connectivity index is 2.00. The summed E-state index contributed by atoms with van der Waals surface area (Å²) >= 11 is 12.4. The van der Waals surface area contributed by atoms with Crippen LogP contribution >= 0.6 is 23.2 Å². The molecule has 1 amide bonds. The maximum absolute atomic E-state index is 13.4. The molecule has 1 fully saturated rings. The highest BCUT2D eigenvalue weighted by Crippen LogP contribution is 2.45. The lowest BCUT2D eigenvalue weighted by Crippen LogP contribution is -2.29. The number of nitrogens with zero attached hydrogens (tertiary/aromatic N) is 1. The van der Waals surface area contributed by atoms with Crippen LogP contribution in [0.2, 0.25) is 10.0 Å². The highest BCUT2D eigenvalue weighted by molar-refractivity contribution is 6.51. The number of ketones is 1. The van der Waals surface area contributed by atoms with Crippen molar-refractivity contribution in [2.45, 2.75) is 19.9 Å². The molecule has 0 radical (unpaired) electrons. The lowest BCUT2D eigenvalue weighted by molar-refractivity contribution is -0.132. The van der Waals surface area contributed by atoms with E-state index < -0.39 is 17.7 Å². The maximum atomic E-state index is 13.4. The molecule has 0 aliphatic carbocycles. The quantitative estimate of drug-likeness (QED) is 0.237. The summed E-state index contributed by atoms with van der Waals surface area (Å²) in [5.74, 6) is -1.21. The lowest BCUT2D eigenvalue weighted by Gasteiger charge is -2.26. The summed E-state index contributed by atoms with van der Waals surface area (Å²) in [7, 11) is 1.42. The number of ether oxygens (including phenoxy) is 2. The second-order valence-electron chi connectivity index (χ2n) is 7.98. The van der Waals surface area contributed by atoms with Gasteiger partial charge in [0, 0.05) is 10.7 Å². The Bertz CT molecular complexity index is 1330. The molecule has 1 atom stereocenters. The van der Waals surface area contributed by atoms with Gasteiger partial charge in [-0.1, -0.05) is 35.3 Å². The van der Waals surface area contributed by atoms with Gasteiger partial charge in [0.2, 0.25) is 0 Å². The molecule has 3 aromatic rings. The Morgan fingerprint density at radius 1 is 1.06 bits per heavy atom. The van der Waals surface area contributed by atoms with Crippen LogP contribution in [0.5, 0.6) is 11.5 Å². The van der Waals surface area contributed by atoms with E-state index in [2.05, 4.69) is 0 Å². The Hall–Kier alpha value is -3.48. The summed E-state index contributed by atoms with van der Waals surface area (Å²) in [6, 6.07) is 16.1. The van der Waals surface area contributed by atoms with Crippen molar-refractivity contribution in [3.05, 3.63) is 93.0 Å². The van der Waals surface area contributed by atoms with Crippen LogP contribution < -0.4 is 14.4 Å². The molecule has 0 aromatic heterocycles. The predicted molar refractivity (Wildman–Crippen MR) is 137 cm³/mol. The molecular formula is C27H23Cl2NO5. The van der Waals surface area contributed by atoms with E-state index in [0.717, 1.165) is 5.56 Å². The zero-order valence-corrected chi connectivity index (χ0v) is 20.9. The van der Waals surface area contributed by atoms with Gasteiger partial charge in [-0.05, 0) is 73.5 Å². The normalized spacial score (nSPS) is 17.1. The summed E-state index contributed by atoms with van der Waals surface area (Å²) in [6.07, 6.45) is 0. The molecule has 4 rings (SSSR count). The number of Topliss-reactive ketones (excluding diaryl/α,β-unsaturated/α-hetero) is 1. The standard InChI is InChI=1S/C27H23Cl2NO5/c1-4-35-19-7-5-6-16(14-19)23-22(24(31)20-12-15(2)13-21(29)26(20)34-3)25(32)27(33)30(23)18-10-8-17(28)9-11-18/h5-14,23,31H,4H2,1-3H3/b24-22+. The summed E-state index contributed by atoms with van der Waals surface area (Å²) in [6.45, 7) is 4.11. The van der Waals surface area contributed by atoms with Crippen molar-refractivity contribution in [1.29, 1.82) is 0 Å². The largest absolute Gasteiger partial charge is 0.507 e. The average Bonchev–Trinajstić information content (AvgIpc) is 3.09. The number of rotatable bonds is 6. The number of carbonyl (C=O) groups is 2. The van der Waals surface area contributed by atoms with Crippen LogP contribution in [-0.2, 0) is 9.59 Å². The number of halogens is 2. The fourth-order valence-electron chi connectivity index (χ4n) is 4.21. The summed E-state index contributed by atoms with van der Waals surface area (Å²) in [4.78, 5) is 28.1. The number of carbonyl (C=O) groups excluding carboxylic acids is 2. The molecule has 1 aliphatic heterocycles. The summed E-state index contributed by atoms with van der Waals surface area (Å²) in [5, 5.41) is 12.2. The zero-order chi connectivity index (χ0) is 25.3. The van der Waals surface area contributed by atoms with Gasteiger partial charge in [0.05, 0.1) is 35.9 Å². The van der Waals surface area contributed by atoms with Crippen LogP contribution in [0, 0.1) is 6.92 Å². The van der Waals surface area contributed by atoms with Gasteiger partial charge in [-0.2, -0.15) is 0 Å². The van der Waals surface area contributed by atoms with Crippen molar-refractivity contribution < 1.29 is 24.2 Å². The highest BCUT2D eigenvalue weighted by Gasteiger charge is 2.47. The first kappa shape index (κ1) is 24.6. The Kier molecular flexibility index (Phi) is 7.05. The number of aryl methyl sites for hydroxylation is 1. The summed E-state index contributed by atoms with van der Waals surface area (Å²) in [5.41, 5.74) is 1.93. The number of aliphatic hydroxyl groups is 1. The molecule has 3 aromatic carbocycles. The van der Waals surface area contributed by atoms with Crippen LogP contribution in [0.15, 0.2) is 66.2 Å². The first-order chi connectivity index (χ1) is 16.8. The second kappa shape index (κ2) is 10.0. The molecule has 180 valence electrons. The van der Waals surface area contributed by atoms with E-state index in [4.69, 9.17) is 32.7 Å². The summed E-state index contributed by atoms with van der Waals surface area (Å²) < 4.78 is 11.1. The number of amides is 1. The van der Waals surface area contributed by atoms with Gasteiger partial charge in [0.1, 0.15) is 17.3 Å². The predicted octanol–water partition coefficient (Wildman–Crippen LogP) is 6.34. The molecule has 0 saturated carbocycles. The Labute approximate surface area is 213 Å². The third-order valence-corrected chi connectivity index (χ3v) is 6.21. The van der Waals surface area contributed by atoms with Crippen molar-refractivity contribution in [2.24, 2.45) is 0 Å². The Morgan fingerprint density at radius 3 is 2.43 bits per heavy atom. The number of aliphatic hydroxyl groups excluding tert-OH is 1. The number of hydrogen-bond donors (Lipinski definition) is 1. The molecule has 1 unspecified atom stereocenters. The molecule has 0 spiro atoms. The molecule has 6 nitrogen and oxygen atoms in total. The van der Waals surface area contributed by atoms with E-state index >= 15 is 0 Å². The highest BCUT2D eigenvalue weighted by atomic mass is 35.5. The molecular weight excluding hydrogens is 489 g/mol. The van der Waals surface area contributed by atoms with E-state index in [1.807, 2.05) is 6.92 Å². The number of hydrogen-bond acceptors (Lipinski definition) is 5. The topological polar surface area (TPSA) is 76.1 Å². The van der Waals surface area contributed by atoms with Crippen molar-refractivity contribution in [3.8, 4) is 11.5 Å². The minimum atomic E-state index is -0.930. The van der Waals surface area contributed by atoms with Crippen molar-refractivity contribution in [1.82, 2.24) is 0 Å². The van der Waals surface area contributed by atoms with Gasteiger partial charge in [-0.3, -0.25) is 14.5 Å². The van der Waals surface area contributed by atoms with Gasteiger partial charge in [0.15, 0.2) is 0 Å². The van der Waals surface area contributed by atoms with Gasteiger partial charge in [0.25, 0.3) is 11.7 Å². The number of methoxy groups -OCH3 is 1. The van der Waals surface area contributed by atoms with Crippen LogP contribution in [0.4, 0.5) is 5.69 Å². The van der Waals surface area contributed by atoms with Gasteiger partial charge < -0.3 is 14.6 Å². The first-order valence-electron chi connectivity index (χ1n) is 10.9. The minimum absolute atomic E-state index is 0.0847.